The second-order valence-electron chi connectivity index (χ2n) is 19.4. The predicted octanol–water partition coefficient (Wildman–Crippen LogP) is 13.2. The third-order valence-corrected chi connectivity index (χ3v) is 13.3. The molecule has 7 atom stereocenters. The molecule has 0 aromatic heterocycles. The fraction of sp³-hybridized carbons (Fsp3) is 0.875. The van der Waals surface area contributed by atoms with Gasteiger partial charge < -0.3 is 40.3 Å². The number of rotatable bonds is 47. The lowest BCUT2D eigenvalue weighted by Gasteiger charge is -2.40. The molecule has 0 radical (unpaired) electrons. The molecule has 382 valence electrons. The van der Waals surface area contributed by atoms with Crippen LogP contribution in [0.4, 0.5) is 0 Å². The second kappa shape index (κ2) is 46.2. The maximum atomic E-state index is 13.0. The Kier molecular flexibility index (Phi) is 43.6. The molecule has 9 heteroatoms. The third-order valence-electron chi connectivity index (χ3n) is 13.3. The van der Waals surface area contributed by atoms with E-state index in [9.17, 15) is 30.3 Å². The Morgan fingerprint density at radius 3 is 1.40 bits per heavy atom. The maximum absolute atomic E-state index is 13.0. The summed E-state index contributed by atoms with van der Waals surface area (Å²) in [6.07, 6.45) is 51.9. The molecule has 0 aromatic carbocycles. The van der Waals surface area contributed by atoms with Crippen molar-refractivity contribution in [3.63, 3.8) is 0 Å². The zero-order chi connectivity index (χ0) is 47.3. The maximum Gasteiger partial charge on any atom is 0.220 e. The minimum absolute atomic E-state index is 0.150. The van der Waals surface area contributed by atoms with E-state index in [1.54, 1.807) is 0 Å². The van der Waals surface area contributed by atoms with Crippen LogP contribution in [0.3, 0.4) is 0 Å². The number of nitrogens with one attached hydrogen (secondary N) is 1. The molecule has 1 fully saturated rings. The summed E-state index contributed by atoms with van der Waals surface area (Å²) in [4.78, 5) is 13.0. The Labute approximate surface area is 400 Å². The van der Waals surface area contributed by atoms with Gasteiger partial charge in [-0.15, -0.1) is 0 Å². The molecule has 0 saturated carbocycles. The summed E-state index contributed by atoms with van der Waals surface area (Å²) < 4.78 is 11.3. The zero-order valence-corrected chi connectivity index (χ0v) is 42.3. The van der Waals surface area contributed by atoms with E-state index in [4.69, 9.17) is 9.47 Å². The van der Waals surface area contributed by atoms with Crippen LogP contribution in [0.5, 0.6) is 0 Å². The average Bonchev–Trinajstić information content (AvgIpc) is 3.31. The van der Waals surface area contributed by atoms with Crippen molar-refractivity contribution in [3.8, 4) is 0 Å². The highest BCUT2D eigenvalue weighted by atomic mass is 16.7. The number of ether oxygens (including phenoxy) is 2. The van der Waals surface area contributed by atoms with Gasteiger partial charge in [0.05, 0.1) is 25.4 Å². The van der Waals surface area contributed by atoms with E-state index in [0.717, 1.165) is 64.2 Å². The van der Waals surface area contributed by atoms with Gasteiger partial charge in [-0.2, -0.15) is 0 Å². The number of hydrogen-bond acceptors (Lipinski definition) is 8. The van der Waals surface area contributed by atoms with Gasteiger partial charge in [0, 0.05) is 6.42 Å². The fourth-order valence-corrected chi connectivity index (χ4v) is 8.88. The molecule has 1 heterocycles. The van der Waals surface area contributed by atoms with Crippen molar-refractivity contribution in [1.82, 2.24) is 5.32 Å². The summed E-state index contributed by atoms with van der Waals surface area (Å²) in [7, 11) is 0. The van der Waals surface area contributed by atoms with Gasteiger partial charge in [0.25, 0.3) is 0 Å². The average molecular weight is 920 g/mol. The molecule has 0 aliphatic carbocycles. The number of amides is 1. The van der Waals surface area contributed by atoms with Gasteiger partial charge in [-0.25, -0.2) is 0 Å². The van der Waals surface area contributed by atoms with E-state index in [1.807, 2.05) is 0 Å². The molecular weight excluding hydrogens is 815 g/mol. The summed E-state index contributed by atoms with van der Waals surface area (Å²) in [5, 5.41) is 54.5. The molecule has 0 bridgehead atoms. The lowest BCUT2D eigenvalue weighted by atomic mass is 9.99. The number of allylic oxidation sites excluding steroid dienone is 6. The van der Waals surface area contributed by atoms with Crippen LogP contribution in [0, 0.1) is 0 Å². The highest BCUT2D eigenvalue weighted by molar-refractivity contribution is 5.76. The topological polar surface area (TPSA) is 149 Å². The molecule has 1 saturated heterocycles. The van der Waals surface area contributed by atoms with Gasteiger partial charge in [-0.05, 0) is 44.9 Å². The molecular formula is C56H105NO8. The Morgan fingerprint density at radius 1 is 0.538 bits per heavy atom. The molecule has 1 aliphatic heterocycles. The van der Waals surface area contributed by atoms with Crippen molar-refractivity contribution in [2.45, 2.75) is 301 Å². The van der Waals surface area contributed by atoms with Crippen LogP contribution in [0.2, 0.25) is 0 Å². The molecule has 7 unspecified atom stereocenters. The summed E-state index contributed by atoms with van der Waals surface area (Å²) in [5.41, 5.74) is 0. The molecule has 1 rings (SSSR count). The number of hydrogen-bond donors (Lipinski definition) is 6. The van der Waals surface area contributed by atoms with Crippen molar-refractivity contribution >= 4 is 5.91 Å². The van der Waals surface area contributed by atoms with Crippen molar-refractivity contribution in [2.24, 2.45) is 0 Å². The van der Waals surface area contributed by atoms with Crippen molar-refractivity contribution in [2.75, 3.05) is 13.2 Å². The van der Waals surface area contributed by atoms with E-state index >= 15 is 0 Å². The molecule has 65 heavy (non-hydrogen) atoms. The Morgan fingerprint density at radius 2 is 0.954 bits per heavy atom. The first-order valence-electron chi connectivity index (χ1n) is 27.7. The van der Waals surface area contributed by atoms with Crippen molar-refractivity contribution < 1.29 is 39.8 Å². The van der Waals surface area contributed by atoms with E-state index in [0.29, 0.717) is 12.8 Å². The highest BCUT2D eigenvalue weighted by Crippen LogP contribution is 2.23. The van der Waals surface area contributed by atoms with Crippen LogP contribution < -0.4 is 5.32 Å². The number of carbonyl (C=O) groups excluding carboxylic acids is 1. The fourth-order valence-electron chi connectivity index (χ4n) is 8.88. The van der Waals surface area contributed by atoms with Crippen LogP contribution in [-0.2, 0) is 14.3 Å². The van der Waals surface area contributed by atoms with E-state index in [1.165, 1.54) is 167 Å². The lowest BCUT2D eigenvalue weighted by molar-refractivity contribution is -0.302. The molecule has 0 aromatic rings. The van der Waals surface area contributed by atoms with Gasteiger partial charge in [0.1, 0.15) is 24.4 Å². The third kappa shape index (κ3) is 36.1. The normalized spacial score (nSPS) is 20.1. The summed E-state index contributed by atoms with van der Waals surface area (Å²) in [5.74, 6) is -0.171. The van der Waals surface area contributed by atoms with Gasteiger partial charge in [-0.1, -0.05) is 243 Å². The molecule has 1 aliphatic rings. The number of aliphatic hydroxyl groups is 5. The van der Waals surface area contributed by atoms with Gasteiger partial charge in [0.2, 0.25) is 5.91 Å². The van der Waals surface area contributed by atoms with Gasteiger partial charge in [-0.3, -0.25) is 4.79 Å². The first-order valence-corrected chi connectivity index (χ1v) is 27.7. The van der Waals surface area contributed by atoms with Gasteiger partial charge in [0.15, 0.2) is 6.29 Å². The second-order valence-corrected chi connectivity index (χ2v) is 19.4. The Balaban J connectivity index is 2.16. The Hall–Kier alpha value is -1.59. The molecule has 1 amide bonds. The minimum Gasteiger partial charge on any atom is -0.394 e. The Bertz CT molecular complexity index is 1110. The quantitative estimate of drug-likeness (QED) is 0.0261. The minimum atomic E-state index is -1.56. The number of carbonyl (C=O) groups is 1. The predicted molar refractivity (Wildman–Crippen MR) is 272 cm³/mol. The largest absolute Gasteiger partial charge is 0.394 e. The summed E-state index contributed by atoms with van der Waals surface area (Å²) >= 11 is 0. The zero-order valence-electron chi connectivity index (χ0n) is 42.3. The van der Waals surface area contributed by atoms with Crippen LogP contribution in [0.25, 0.3) is 0 Å². The summed E-state index contributed by atoms with van der Waals surface area (Å²) in [6.45, 7) is 3.72. The summed E-state index contributed by atoms with van der Waals surface area (Å²) in [6, 6.07) is -0.734. The molecule has 6 N–H and O–H groups in total. The van der Waals surface area contributed by atoms with E-state index in [-0.39, 0.29) is 12.5 Å². The van der Waals surface area contributed by atoms with E-state index in [2.05, 4.69) is 55.6 Å². The standard InChI is InChI=1S/C56H105NO8/c1-3-5-7-9-11-13-15-17-18-19-20-21-22-23-24-25-26-27-28-29-30-31-32-34-35-37-39-41-43-45-50(59)49(48-64-56-55(63)54(62)53(61)51(47-58)65-56)57-52(60)46-44-42-40-38-36-33-16-14-12-10-8-6-4-2/h6,8,12,14,33,36,49-51,53-56,58-59,61-63H,3-5,7,9-11,13,15-32,34-35,37-48H2,1-2H3,(H,57,60)/b8-6-,14-12-,36-33-. The van der Waals surface area contributed by atoms with Crippen LogP contribution in [0.1, 0.15) is 258 Å². The van der Waals surface area contributed by atoms with Crippen LogP contribution in [0.15, 0.2) is 36.5 Å². The molecule has 0 spiro atoms. The lowest BCUT2D eigenvalue weighted by Crippen LogP contribution is -2.60. The first-order chi connectivity index (χ1) is 31.8. The van der Waals surface area contributed by atoms with Crippen LogP contribution >= 0.6 is 0 Å². The monoisotopic (exact) mass is 920 g/mol. The number of aliphatic hydroxyl groups excluding tert-OH is 5. The van der Waals surface area contributed by atoms with Crippen molar-refractivity contribution in [1.29, 1.82) is 0 Å². The van der Waals surface area contributed by atoms with E-state index < -0.39 is 49.5 Å². The highest BCUT2D eigenvalue weighted by Gasteiger charge is 2.44. The van der Waals surface area contributed by atoms with Gasteiger partial charge >= 0.3 is 0 Å². The number of unbranched alkanes of at least 4 members (excludes halogenated alkanes) is 31. The SMILES string of the molecule is CC/C=C\C/C=C\C/C=C\CCCCCC(=O)NC(COC1OC(CO)C(O)C(O)C1O)C(O)CCCCCCCCCCCCCCCCCCCCCCCCCCCCCCC. The van der Waals surface area contributed by atoms with Crippen molar-refractivity contribution in [3.05, 3.63) is 36.5 Å². The first kappa shape index (κ1) is 61.4. The smallest absolute Gasteiger partial charge is 0.220 e. The molecule has 9 nitrogen and oxygen atoms in total. The van der Waals surface area contributed by atoms with Crippen LogP contribution in [-0.4, -0.2) is 87.5 Å².